The summed E-state index contributed by atoms with van der Waals surface area (Å²) in [6, 6.07) is 8.53. The number of aliphatic hydroxyl groups excluding tert-OH is 1. The van der Waals surface area contributed by atoms with E-state index in [1.165, 1.54) is 6.92 Å². The lowest BCUT2D eigenvalue weighted by Crippen LogP contribution is -2.14. The van der Waals surface area contributed by atoms with Crippen molar-refractivity contribution in [2.45, 2.75) is 6.92 Å². The number of nitriles is 1. The molecule has 0 heterocycles. The van der Waals surface area contributed by atoms with Crippen molar-refractivity contribution in [1.29, 1.82) is 5.26 Å². The normalized spacial score (nSPS) is 11.3. The molecular formula is C11H9BrN2O2. The summed E-state index contributed by atoms with van der Waals surface area (Å²) in [5.41, 5.74) is 0.269. The van der Waals surface area contributed by atoms with Crippen molar-refractivity contribution < 1.29 is 9.90 Å². The van der Waals surface area contributed by atoms with Crippen LogP contribution in [0.3, 0.4) is 0 Å². The Labute approximate surface area is 101 Å². The minimum Gasteiger partial charge on any atom is -0.511 e. The van der Waals surface area contributed by atoms with Crippen molar-refractivity contribution in [2.75, 3.05) is 5.32 Å². The minimum atomic E-state index is -0.621. The second-order valence-corrected chi connectivity index (χ2v) is 3.95. The fourth-order valence-electron chi connectivity index (χ4n) is 1.02. The van der Waals surface area contributed by atoms with E-state index in [2.05, 4.69) is 21.2 Å². The molecule has 1 aromatic rings. The van der Waals surface area contributed by atoms with E-state index in [4.69, 9.17) is 10.4 Å². The number of allylic oxidation sites excluding steroid dienone is 1. The van der Waals surface area contributed by atoms with Crippen molar-refractivity contribution in [3.05, 3.63) is 40.1 Å². The maximum absolute atomic E-state index is 11.5. The third-order valence-corrected chi connectivity index (χ3v) is 2.33. The number of rotatable bonds is 2. The molecular weight excluding hydrogens is 272 g/mol. The molecule has 0 aliphatic rings. The van der Waals surface area contributed by atoms with Crippen LogP contribution in [0.4, 0.5) is 5.69 Å². The average Bonchev–Trinajstić information content (AvgIpc) is 2.22. The Morgan fingerprint density at radius 1 is 1.44 bits per heavy atom. The van der Waals surface area contributed by atoms with Gasteiger partial charge in [-0.3, -0.25) is 4.79 Å². The molecule has 1 rings (SSSR count). The Kier molecular flexibility index (Phi) is 4.09. The minimum absolute atomic E-state index is 0.289. The smallest absolute Gasteiger partial charge is 0.269 e. The molecule has 0 fully saturated rings. The Balaban J connectivity index is 2.84. The van der Waals surface area contributed by atoms with Crippen LogP contribution in [-0.4, -0.2) is 11.0 Å². The van der Waals surface area contributed by atoms with E-state index in [9.17, 15) is 4.79 Å². The number of nitrogens with zero attached hydrogens (tertiary/aromatic N) is 1. The first-order valence-corrected chi connectivity index (χ1v) is 5.20. The van der Waals surface area contributed by atoms with Gasteiger partial charge in [0.15, 0.2) is 5.57 Å². The van der Waals surface area contributed by atoms with E-state index in [-0.39, 0.29) is 11.3 Å². The number of carbonyl (C=O) groups is 1. The lowest BCUT2D eigenvalue weighted by Gasteiger charge is -2.04. The van der Waals surface area contributed by atoms with Crippen molar-refractivity contribution in [3.8, 4) is 6.07 Å². The van der Waals surface area contributed by atoms with Crippen LogP contribution >= 0.6 is 15.9 Å². The van der Waals surface area contributed by atoms with Gasteiger partial charge in [-0.05, 0) is 31.2 Å². The first-order valence-electron chi connectivity index (χ1n) is 4.41. The highest BCUT2D eigenvalue weighted by Crippen LogP contribution is 2.15. The fourth-order valence-corrected chi connectivity index (χ4v) is 1.29. The first-order chi connectivity index (χ1) is 7.54. The van der Waals surface area contributed by atoms with E-state index in [1.807, 2.05) is 0 Å². The third kappa shape index (κ3) is 3.11. The number of amides is 1. The number of aliphatic hydroxyl groups is 1. The Morgan fingerprint density at radius 3 is 2.44 bits per heavy atom. The molecule has 0 unspecified atom stereocenters. The fraction of sp³-hybridized carbons (Fsp3) is 0.0909. The summed E-state index contributed by atoms with van der Waals surface area (Å²) in [4.78, 5) is 11.5. The molecule has 0 bridgehead atoms. The number of nitrogens with one attached hydrogen (secondary N) is 1. The highest BCUT2D eigenvalue weighted by Gasteiger charge is 2.12. The quantitative estimate of drug-likeness (QED) is 0.497. The van der Waals surface area contributed by atoms with Crippen molar-refractivity contribution in [2.24, 2.45) is 0 Å². The summed E-state index contributed by atoms with van der Waals surface area (Å²) < 4.78 is 0.889. The topological polar surface area (TPSA) is 73.1 Å². The van der Waals surface area contributed by atoms with Crippen LogP contribution in [0.2, 0.25) is 0 Å². The van der Waals surface area contributed by atoms with E-state index in [0.29, 0.717) is 5.69 Å². The molecule has 1 amide bonds. The summed E-state index contributed by atoms with van der Waals surface area (Å²) in [5.74, 6) is -0.915. The number of carbonyl (C=O) groups excluding carboxylic acids is 1. The van der Waals surface area contributed by atoms with Crippen LogP contribution in [0, 0.1) is 11.3 Å². The van der Waals surface area contributed by atoms with E-state index < -0.39 is 5.91 Å². The van der Waals surface area contributed by atoms with Gasteiger partial charge in [-0.2, -0.15) is 5.26 Å². The second-order valence-electron chi connectivity index (χ2n) is 3.03. The average molecular weight is 281 g/mol. The van der Waals surface area contributed by atoms with E-state index in [0.717, 1.165) is 4.47 Å². The van der Waals surface area contributed by atoms with Crippen LogP contribution in [0.25, 0.3) is 0 Å². The third-order valence-electron chi connectivity index (χ3n) is 1.80. The molecule has 0 spiro atoms. The Morgan fingerprint density at radius 2 is 2.00 bits per heavy atom. The maximum Gasteiger partial charge on any atom is 0.269 e. The molecule has 0 atom stereocenters. The van der Waals surface area contributed by atoms with Gasteiger partial charge in [0, 0.05) is 10.2 Å². The number of anilines is 1. The highest BCUT2D eigenvalue weighted by molar-refractivity contribution is 9.10. The van der Waals surface area contributed by atoms with Gasteiger partial charge in [-0.25, -0.2) is 0 Å². The van der Waals surface area contributed by atoms with Crippen LogP contribution in [0.5, 0.6) is 0 Å². The van der Waals surface area contributed by atoms with Crippen LogP contribution in [0.15, 0.2) is 40.1 Å². The maximum atomic E-state index is 11.5. The van der Waals surface area contributed by atoms with Gasteiger partial charge in [0.1, 0.15) is 11.8 Å². The van der Waals surface area contributed by atoms with Gasteiger partial charge in [-0.15, -0.1) is 0 Å². The van der Waals surface area contributed by atoms with Crippen molar-refractivity contribution in [3.63, 3.8) is 0 Å². The summed E-state index contributed by atoms with van der Waals surface area (Å²) in [6.45, 7) is 1.29. The zero-order valence-corrected chi connectivity index (χ0v) is 10.1. The number of hydrogen-bond donors (Lipinski definition) is 2. The molecule has 82 valence electrons. The van der Waals surface area contributed by atoms with Gasteiger partial charge in [0.25, 0.3) is 5.91 Å². The molecule has 2 N–H and O–H groups in total. The molecule has 4 nitrogen and oxygen atoms in total. The summed E-state index contributed by atoms with van der Waals surface area (Å²) >= 11 is 3.26. The lowest BCUT2D eigenvalue weighted by atomic mass is 10.2. The molecule has 0 radical (unpaired) electrons. The van der Waals surface area contributed by atoms with Gasteiger partial charge < -0.3 is 10.4 Å². The number of halogens is 1. The van der Waals surface area contributed by atoms with Crippen molar-refractivity contribution >= 4 is 27.5 Å². The summed E-state index contributed by atoms with van der Waals surface area (Å²) in [5, 5.41) is 20.2. The monoisotopic (exact) mass is 280 g/mol. The number of benzene rings is 1. The number of hydrogen-bond acceptors (Lipinski definition) is 3. The summed E-state index contributed by atoms with van der Waals surface area (Å²) in [7, 11) is 0. The van der Waals surface area contributed by atoms with E-state index >= 15 is 0 Å². The second kappa shape index (κ2) is 5.33. The Hall–Kier alpha value is -1.80. The SMILES string of the molecule is CC(O)=C(C#N)C(=O)Nc1ccc(Br)cc1. The van der Waals surface area contributed by atoms with Crippen LogP contribution in [-0.2, 0) is 4.79 Å². The van der Waals surface area contributed by atoms with Gasteiger partial charge in [0.2, 0.25) is 0 Å². The van der Waals surface area contributed by atoms with Gasteiger partial charge >= 0.3 is 0 Å². The Bertz CT molecular complexity index is 468. The summed E-state index contributed by atoms with van der Waals surface area (Å²) in [6.07, 6.45) is 0. The molecule has 0 aliphatic heterocycles. The van der Waals surface area contributed by atoms with E-state index in [1.54, 1.807) is 30.3 Å². The molecule has 0 aliphatic carbocycles. The molecule has 0 saturated carbocycles. The highest BCUT2D eigenvalue weighted by atomic mass is 79.9. The molecule has 0 saturated heterocycles. The predicted octanol–water partition coefficient (Wildman–Crippen LogP) is 2.74. The molecule has 0 aromatic heterocycles. The van der Waals surface area contributed by atoms with Crippen LogP contribution in [0.1, 0.15) is 6.92 Å². The predicted molar refractivity (Wildman–Crippen MR) is 63.7 cm³/mol. The zero-order valence-electron chi connectivity index (χ0n) is 8.49. The largest absolute Gasteiger partial charge is 0.511 e. The van der Waals surface area contributed by atoms with Gasteiger partial charge in [-0.1, -0.05) is 15.9 Å². The zero-order chi connectivity index (χ0) is 12.1. The first kappa shape index (κ1) is 12.3. The van der Waals surface area contributed by atoms with Gasteiger partial charge in [0.05, 0.1) is 0 Å². The standard InChI is InChI=1S/C11H9BrN2O2/c1-7(15)10(6-13)11(16)14-9-4-2-8(12)3-5-9/h2-5,15H,1H3,(H,14,16). The lowest BCUT2D eigenvalue weighted by molar-refractivity contribution is -0.112. The molecule has 16 heavy (non-hydrogen) atoms. The molecule has 5 heteroatoms. The van der Waals surface area contributed by atoms with Crippen molar-refractivity contribution in [1.82, 2.24) is 0 Å². The molecule has 1 aromatic carbocycles. The van der Waals surface area contributed by atoms with Crippen LogP contribution < -0.4 is 5.32 Å².